The van der Waals surface area contributed by atoms with Crippen molar-refractivity contribution >= 4 is 41.3 Å². The molecule has 2 heterocycles. The maximum absolute atomic E-state index is 13.4. The summed E-state index contributed by atoms with van der Waals surface area (Å²) in [6, 6.07) is 18.1. The number of carbonyl (C=O) groups excluding carboxylic acids is 3. The maximum Gasteiger partial charge on any atom is 0.356 e. The van der Waals surface area contributed by atoms with E-state index in [4.69, 9.17) is 16.2 Å². The molecular formula is C22H21N3O4S2. The number of rotatable bonds is 7. The quantitative estimate of drug-likeness (QED) is 0.484. The van der Waals surface area contributed by atoms with Gasteiger partial charge >= 0.3 is 5.97 Å². The Hall–Kier alpha value is -2.75. The lowest BCUT2D eigenvalue weighted by molar-refractivity contribution is -0.152. The summed E-state index contributed by atoms with van der Waals surface area (Å²) in [5.74, 6) is -1.01. The van der Waals surface area contributed by atoms with Gasteiger partial charge in [-0.3, -0.25) is 14.5 Å². The standard InChI is InChI=1S/C22H21N3O4S2/c23-16(26)12-30-15-11-31-21-17(24)20(27)25(21)18(15)22(28)29-19(13-7-3-1-4-8-13)14-9-5-2-6-10-14/h1-10,17,19,21H,11-12,24H2,(H2,23,26)/t17-,21+/m1/s1. The molecular weight excluding hydrogens is 434 g/mol. The maximum atomic E-state index is 13.4. The van der Waals surface area contributed by atoms with E-state index in [1.165, 1.54) is 16.7 Å². The van der Waals surface area contributed by atoms with Gasteiger partial charge in [-0.1, -0.05) is 60.7 Å². The van der Waals surface area contributed by atoms with Crippen LogP contribution in [0.3, 0.4) is 0 Å². The molecule has 1 saturated heterocycles. The van der Waals surface area contributed by atoms with Gasteiger partial charge in [-0.05, 0) is 11.1 Å². The Morgan fingerprint density at radius 3 is 2.23 bits per heavy atom. The van der Waals surface area contributed by atoms with Gasteiger partial charge in [0.15, 0.2) is 6.10 Å². The van der Waals surface area contributed by atoms with Crippen molar-refractivity contribution in [3.8, 4) is 0 Å². The molecule has 9 heteroatoms. The number of amides is 2. The van der Waals surface area contributed by atoms with Crippen molar-refractivity contribution in [3.63, 3.8) is 0 Å². The minimum atomic E-state index is -0.658. The third-order valence-corrected chi connectivity index (χ3v) is 7.58. The molecule has 7 nitrogen and oxygen atoms in total. The van der Waals surface area contributed by atoms with Gasteiger partial charge in [0, 0.05) is 10.7 Å². The first kappa shape index (κ1) is 21.5. The van der Waals surface area contributed by atoms with E-state index < -0.39 is 24.0 Å². The van der Waals surface area contributed by atoms with E-state index in [0.29, 0.717) is 10.7 Å². The second-order valence-electron chi connectivity index (χ2n) is 7.07. The molecule has 0 bridgehead atoms. The summed E-state index contributed by atoms with van der Waals surface area (Å²) in [7, 11) is 0. The summed E-state index contributed by atoms with van der Waals surface area (Å²) in [6.45, 7) is 0. The number of carbonyl (C=O) groups is 3. The van der Waals surface area contributed by atoms with Gasteiger partial charge in [0.05, 0.1) is 5.75 Å². The normalized spacial score (nSPS) is 20.3. The summed E-state index contributed by atoms with van der Waals surface area (Å²) in [5, 5.41) is -0.320. The van der Waals surface area contributed by atoms with Crippen LogP contribution in [-0.4, -0.2) is 45.6 Å². The largest absolute Gasteiger partial charge is 0.448 e. The van der Waals surface area contributed by atoms with E-state index in [1.807, 2.05) is 60.7 Å². The zero-order chi connectivity index (χ0) is 22.0. The lowest BCUT2D eigenvalue weighted by atomic mass is 10.0. The van der Waals surface area contributed by atoms with Gasteiger partial charge in [0.25, 0.3) is 0 Å². The zero-order valence-electron chi connectivity index (χ0n) is 16.5. The van der Waals surface area contributed by atoms with Gasteiger partial charge in [0.1, 0.15) is 17.1 Å². The molecule has 2 atom stereocenters. The van der Waals surface area contributed by atoms with Crippen molar-refractivity contribution in [1.82, 2.24) is 4.90 Å². The SMILES string of the molecule is NC(=O)CSC1=C(C(=O)OC(c2ccccc2)c2ccccc2)N2C(=O)[C@@H](N)[C@@H]2SC1. The average Bonchev–Trinajstić information content (AvgIpc) is 2.80. The van der Waals surface area contributed by atoms with E-state index in [0.717, 1.165) is 22.9 Å². The highest BCUT2D eigenvalue weighted by atomic mass is 32.2. The van der Waals surface area contributed by atoms with Gasteiger partial charge in [-0.2, -0.15) is 0 Å². The Balaban J connectivity index is 1.68. The van der Waals surface area contributed by atoms with Crippen LogP contribution in [0.25, 0.3) is 0 Å². The van der Waals surface area contributed by atoms with Crippen molar-refractivity contribution in [2.45, 2.75) is 17.5 Å². The number of nitrogens with zero attached hydrogens (tertiary/aromatic N) is 1. The molecule has 2 aromatic rings. The number of fused-ring (bicyclic) bond motifs is 1. The zero-order valence-corrected chi connectivity index (χ0v) is 18.1. The minimum Gasteiger partial charge on any atom is -0.448 e. The van der Waals surface area contributed by atoms with E-state index in [-0.39, 0.29) is 22.7 Å². The van der Waals surface area contributed by atoms with Crippen LogP contribution < -0.4 is 11.5 Å². The Bertz CT molecular complexity index is 990. The molecule has 2 amide bonds. The van der Waals surface area contributed by atoms with Crippen molar-refractivity contribution in [2.24, 2.45) is 11.5 Å². The summed E-state index contributed by atoms with van der Waals surface area (Å²) in [5.41, 5.74) is 13.0. The Morgan fingerprint density at radius 2 is 1.68 bits per heavy atom. The fraction of sp³-hybridized carbons (Fsp3) is 0.227. The number of nitrogens with two attached hydrogens (primary N) is 2. The van der Waals surface area contributed by atoms with Crippen LogP contribution in [0.2, 0.25) is 0 Å². The Morgan fingerprint density at radius 1 is 1.10 bits per heavy atom. The molecule has 31 heavy (non-hydrogen) atoms. The number of ether oxygens (including phenoxy) is 1. The third kappa shape index (κ3) is 4.34. The molecule has 0 aliphatic carbocycles. The van der Waals surface area contributed by atoms with Crippen LogP contribution in [0.1, 0.15) is 17.2 Å². The number of benzene rings is 2. The highest BCUT2D eigenvalue weighted by Crippen LogP contribution is 2.43. The van der Waals surface area contributed by atoms with Crippen LogP contribution in [0.5, 0.6) is 0 Å². The highest BCUT2D eigenvalue weighted by Gasteiger charge is 2.52. The average molecular weight is 456 g/mol. The minimum absolute atomic E-state index is 0.00617. The Kier molecular flexibility index (Phi) is 6.35. The predicted octanol–water partition coefficient (Wildman–Crippen LogP) is 1.99. The summed E-state index contributed by atoms with van der Waals surface area (Å²) >= 11 is 2.61. The van der Waals surface area contributed by atoms with E-state index in [1.54, 1.807) is 0 Å². The van der Waals surface area contributed by atoms with Crippen LogP contribution in [0.15, 0.2) is 71.3 Å². The van der Waals surface area contributed by atoms with Crippen LogP contribution >= 0.6 is 23.5 Å². The first-order valence-corrected chi connectivity index (χ1v) is 11.7. The molecule has 1 fully saturated rings. The van der Waals surface area contributed by atoms with Crippen molar-refractivity contribution in [1.29, 1.82) is 0 Å². The molecule has 0 saturated carbocycles. The second-order valence-corrected chi connectivity index (χ2v) is 9.24. The second kappa shape index (κ2) is 9.17. The first-order chi connectivity index (χ1) is 15.0. The molecule has 160 valence electrons. The topological polar surface area (TPSA) is 116 Å². The van der Waals surface area contributed by atoms with Crippen LogP contribution in [-0.2, 0) is 19.1 Å². The molecule has 0 radical (unpaired) electrons. The van der Waals surface area contributed by atoms with Crippen LogP contribution in [0, 0.1) is 0 Å². The van der Waals surface area contributed by atoms with Gasteiger partial charge in [0.2, 0.25) is 11.8 Å². The predicted molar refractivity (Wildman–Crippen MR) is 121 cm³/mol. The number of β-lactam (4-membered cyclic amide) rings is 1. The van der Waals surface area contributed by atoms with E-state index in [2.05, 4.69) is 0 Å². The van der Waals surface area contributed by atoms with Gasteiger partial charge in [-0.25, -0.2) is 4.79 Å². The molecule has 2 aromatic carbocycles. The number of hydrogen-bond acceptors (Lipinski definition) is 7. The molecule has 0 aromatic heterocycles. The van der Waals surface area contributed by atoms with E-state index >= 15 is 0 Å². The summed E-state index contributed by atoms with van der Waals surface area (Å²) in [4.78, 5) is 39.1. The van der Waals surface area contributed by atoms with Crippen molar-refractivity contribution < 1.29 is 19.1 Å². The fourth-order valence-electron chi connectivity index (χ4n) is 3.49. The van der Waals surface area contributed by atoms with Gasteiger partial charge < -0.3 is 16.2 Å². The monoisotopic (exact) mass is 455 g/mol. The van der Waals surface area contributed by atoms with Crippen molar-refractivity contribution in [3.05, 3.63) is 82.4 Å². The molecule has 2 aliphatic heterocycles. The van der Waals surface area contributed by atoms with Crippen LogP contribution in [0.4, 0.5) is 0 Å². The molecule has 2 aliphatic rings. The first-order valence-electron chi connectivity index (χ1n) is 9.62. The van der Waals surface area contributed by atoms with E-state index in [9.17, 15) is 14.4 Å². The Labute approximate surface area is 188 Å². The van der Waals surface area contributed by atoms with Crippen molar-refractivity contribution in [2.75, 3.05) is 11.5 Å². The lowest BCUT2D eigenvalue weighted by Crippen LogP contribution is -2.68. The number of hydrogen-bond donors (Lipinski definition) is 2. The highest BCUT2D eigenvalue weighted by molar-refractivity contribution is 8.06. The molecule has 4 rings (SSSR count). The molecule has 0 unspecified atom stereocenters. The summed E-state index contributed by atoms with van der Waals surface area (Å²) < 4.78 is 5.97. The number of esters is 1. The summed E-state index contributed by atoms with van der Waals surface area (Å²) in [6.07, 6.45) is -0.650. The lowest BCUT2D eigenvalue weighted by Gasteiger charge is -2.48. The number of primary amides is 1. The fourth-order valence-corrected chi connectivity index (χ4v) is 5.81. The number of thioether (sulfide) groups is 2. The third-order valence-electron chi connectivity index (χ3n) is 4.99. The molecule has 0 spiro atoms. The molecule has 4 N–H and O–H groups in total. The van der Waals surface area contributed by atoms with Gasteiger partial charge in [-0.15, -0.1) is 23.5 Å². The smallest absolute Gasteiger partial charge is 0.356 e.